The minimum absolute atomic E-state index is 0.742. The zero-order chi connectivity index (χ0) is 13.0. The van der Waals surface area contributed by atoms with Gasteiger partial charge in [0.1, 0.15) is 0 Å². The lowest BCUT2D eigenvalue weighted by Gasteiger charge is -2.01. The SMILES string of the molecule is CCCn1cc(NCc2ccn(CC)n2)c(C)n1. The molecule has 0 unspecified atom stereocenters. The number of nitrogens with one attached hydrogen (secondary N) is 1. The highest BCUT2D eigenvalue weighted by molar-refractivity contribution is 5.45. The number of rotatable bonds is 6. The van der Waals surface area contributed by atoms with Gasteiger partial charge in [0.05, 0.1) is 23.6 Å². The van der Waals surface area contributed by atoms with Gasteiger partial charge in [-0.2, -0.15) is 10.2 Å². The highest BCUT2D eigenvalue weighted by atomic mass is 15.3. The number of nitrogens with zero attached hydrogens (tertiary/aromatic N) is 4. The van der Waals surface area contributed by atoms with Crippen LogP contribution in [0, 0.1) is 6.92 Å². The molecule has 0 saturated carbocycles. The summed E-state index contributed by atoms with van der Waals surface area (Å²) in [5.74, 6) is 0. The minimum Gasteiger partial charge on any atom is -0.377 e. The fourth-order valence-corrected chi connectivity index (χ4v) is 1.89. The van der Waals surface area contributed by atoms with Gasteiger partial charge in [0.15, 0.2) is 0 Å². The van der Waals surface area contributed by atoms with Gasteiger partial charge in [-0.05, 0) is 26.3 Å². The van der Waals surface area contributed by atoms with Crippen LogP contribution >= 0.6 is 0 Å². The molecule has 0 aliphatic heterocycles. The van der Waals surface area contributed by atoms with Gasteiger partial charge in [-0.25, -0.2) is 0 Å². The molecule has 5 heteroatoms. The average Bonchev–Trinajstić information content (AvgIpc) is 2.94. The summed E-state index contributed by atoms with van der Waals surface area (Å²) in [5, 5.41) is 12.3. The predicted molar refractivity (Wildman–Crippen MR) is 72.5 cm³/mol. The van der Waals surface area contributed by atoms with Crippen LogP contribution in [0.3, 0.4) is 0 Å². The normalized spacial score (nSPS) is 10.8. The Morgan fingerprint density at radius 2 is 2.06 bits per heavy atom. The number of aryl methyl sites for hydroxylation is 3. The molecular formula is C13H21N5. The number of aromatic nitrogens is 4. The second-order valence-corrected chi connectivity index (χ2v) is 4.41. The highest BCUT2D eigenvalue weighted by Gasteiger charge is 2.05. The van der Waals surface area contributed by atoms with Gasteiger partial charge in [-0.15, -0.1) is 0 Å². The molecule has 0 atom stereocenters. The lowest BCUT2D eigenvalue weighted by molar-refractivity contribution is 0.598. The molecule has 0 aliphatic carbocycles. The Balaban J connectivity index is 1.96. The van der Waals surface area contributed by atoms with E-state index in [2.05, 4.69) is 35.6 Å². The first-order valence-corrected chi connectivity index (χ1v) is 6.53. The Morgan fingerprint density at radius 1 is 1.22 bits per heavy atom. The van der Waals surface area contributed by atoms with Crippen LogP contribution in [0.4, 0.5) is 5.69 Å². The van der Waals surface area contributed by atoms with Gasteiger partial charge < -0.3 is 5.32 Å². The second-order valence-electron chi connectivity index (χ2n) is 4.41. The van der Waals surface area contributed by atoms with Gasteiger partial charge in [-0.3, -0.25) is 9.36 Å². The smallest absolute Gasteiger partial charge is 0.0825 e. The molecule has 2 aromatic rings. The van der Waals surface area contributed by atoms with Crippen molar-refractivity contribution in [1.82, 2.24) is 19.6 Å². The monoisotopic (exact) mass is 247 g/mol. The second kappa shape index (κ2) is 5.71. The number of hydrogen-bond donors (Lipinski definition) is 1. The van der Waals surface area contributed by atoms with Crippen LogP contribution in [0.15, 0.2) is 18.5 Å². The standard InChI is InChI=1S/C13H21N5/c1-4-7-18-10-13(11(3)15-18)14-9-12-6-8-17(5-2)16-12/h6,8,10,14H,4-5,7,9H2,1-3H3. The van der Waals surface area contributed by atoms with Crippen LogP contribution in [0.1, 0.15) is 31.7 Å². The van der Waals surface area contributed by atoms with E-state index >= 15 is 0 Å². The van der Waals surface area contributed by atoms with Crippen molar-refractivity contribution in [2.45, 2.75) is 46.8 Å². The van der Waals surface area contributed by atoms with Crippen LogP contribution in [0.25, 0.3) is 0 Å². The molecule has 0 bridgehead atoms. The number of hydrogen-bond acceptors (Lipinski definition) is 3. The molecule has 1 N–H and O–H groups in total. The van der Waals surface area contributed by atoms with E-state index in [1.165, 1.54) is 0 Å². The summed E-state index contributed by atoms with van der Waals surface area (Å²) in [5.41, 5.74) is 3.19. The molecule has 0 aromatic carbocycles. The van der Waals surface area contributed by atoms with Crippen LogP contribution in [-0.4, -0.2) is 19.6 Å². The molecular weight excluding hydrogens is 226 g/mol. The molecule has 98 valence electrons. The Hall–Kier alpha value is -1.78. The summed E-state index contributed by atoms with van der Waals surface area (Å²) in [7, 11) is 0. The maximum Gasteiger partial charge on any atom is 0.0825 e. The van der Waals surface area contributed by atoms with Gasteiger partial charge in [0.2, 0.25) is 0 Å². The van der Waals surface area contributed by atoms with Crippen LogP contribution in [0.5, 0.6) is 0 Å². The Morgan fingerprint density at radius 3 is 2.72 bits per heavy atom. The largest absolute Gasteiger partial charge is 0.377 e. The predicted octanol–water partition coefficient (Wildman–Crippen LogP) is 2.43. The third kappa shape index (κ3) is 2.91. The molecule has 5 nitrogen and oxygen atoms in total. The van der Waals surface area contributed by atoms with Gasteiger partial charge in [0, 0.05) is 25.5 Å². The molecule has 0 spiro atoms. The lowest BCUT2D eigenvalue weighted by Crippen LogP contribution is -2.02. The first-order valence-electron chi connectivity index (χ1n) is 6.53. The summed E-state index contributed by atoms with van der Waals surface area (Å²) in [6, 6.07) is 2.04. The molecule has 0 amide bonds. The summed E-state index contributed by atoms with van der Waals surface area (Å²) in [6.45, 7) is 8.88. The van der Waals surface area contributed by atoms with E-state index in [0.29, 0.717) is 0 Å². The van der Waals surface area contributed by atoms with Crippen LogP contribution < -0.4 is 5.32 Å². The fourth-order valence-electron chi connectivity index (χ4n) is 1.89. The maximum atomic E-state index is 4.46. The molecule has 0 aliphatic rings. The summed E-state index contributed by atoms with van der Waals surface area (Å²) >= 11 is 0. The topological polar surface area (TPSA) is 47.7 Å². The first-order chi connectivity index (χ1) is 8.72. The van der Waals surface area contributed by atoms with Gasteiger partial charge in [-0.1, -0.05) is 6.92 Å². The summed E-state index contributed by atoms with van der Waals surface area (Å²) in [4.78, 5) is 0. The van der Waals surface area contributed by atoms with E-state index in [0.717, 1.165) is 43.1 Å². The van der Waals surface area contributed by atoms with Gasteiger partial charge >= 0.3 is 0 Å². The van der Waals surface area contributed by atoms with E-state index in [4.69, 9.17) is 0 Å². The third-order valence-electron chi connectivity index (χ3n) is 2.88. The van der Waals surface area contributed by atoms with E-state index in [1.54, 1.807) is 0 Å². The van der Waals surface area contributed by atoms with Crippen molar-refractivity contribution in [3.63, 3.8) is 0 Å². The molecule has 18 heavy (non-hydrogen) atoms. The van der Waals surface area contributed by atoms with E-state index in [1.807, 2.05) is 28.6 Å². The van der Waals surface area contributed by atoms with E-state index in [-0.39, 0.29) is 0 Å². The molecule has 2 rings (SSSR count). The van der Waals surface area contributed by atoms with Crippen molar-refractivity contribution >= 4 is 5.69 Å². The van der Waals surface area contributed by atoms with Crippen molar-refractivity contribution in [2.24, 2.45) is 0 Å². The quantitative estimate of drug-likeness (QED) is 0.853. The Kier molecular flexibility index (Phi) is 4.02. The van der Waals surface area contributed by atoms with E-state index in [9.17, 15) is 0 Å². The van der Waals surface area contributed by atoms with Crippen molar-refractivity contribution in [2.75, 3.05) is 5.32 Å². The maximum absolute atomic E-state index is 4.46. The minimum atomic E-state index is 0.742. The zero-order valence-corrected chi connectivity index (χ0v) is 11.3. The highest BCUT2D eigenvalue weighted by Crippen LogP contribution is 2.13. The molecule has 2 aromatic heterocycles. The molecule has 0 saturated heterocycles. The first kappa shape index (κ1) is 12.7. The number of anilines is 1. The van der Waals surface area contributed by atoms with Gasteiger partial charge in [0.25, 0.3) is 0 Å². The van der Waals surface area contributed by atoms with Crippen molar-refractivity contribution in [1.29, 1.82) is 0 Å². The third-order valence-corrected chi connectivity index (χ3v) is 2.88. The van der Waals surface area contributed by atoms with Crippen LogP contribution in [0.2, 0.25) is 0 Å². The van der Waals surface area contributed by atoms with Crippen molar-refractivity contribution in [3.8, 4) is 0 Å². The van der Waals surface area contributed by atoms with E-state index < -0.39 is 0 Å². The molecule has 0 fully saturated rings. The molecule has 0 radical (unpaired) electrons. The average molecular weight is 247 g/mol. The summed E-state index contributed by atoms with van der Waals surface area (Å²) in [6.07, 6.45) is 5.17. The zero-order valence-electron chi connectivity index (χ0n) is 11.3. The fraction of sp³-hybridized carbons (Fsp3) is 0.538. The Labute approximate surface area is 108 Å². The Bertz CT molecular complexity index is 497. The summed E-state index contributed by atoms with van der Waals surface area (Å²) < 4.78 is 3.92. The lowest BCUT2D eigenvalue weighted by atomic mass is 10.3. The molecule has 2 heterocycles. The van der Waals surface area contributed by atoms with Crippen molar-refractivity contribution in [3.05, 3.63) is 29.8 Å². The van der Waals surface area contributed by atoms with Crippen molar-refractivity contribution < 1.29 is 0 Å². The van der Waals surface area contributed by atoms with Crippen LogP contribution in [-0.2, 0) is 19.6 Å².